The van der Waals surface area contributed by atoms with Crippen molar-refractivity contribution in [3.8, 4) is 0 Å². The van der Waals surface area contributed by atoms with E-state index in [9.17, 15) is 14.4 Å². The lowest BCUT2D eigenvalue weighted by atomic mass is 9.87. The number of amides is 3. The van der Waals surface area contributed by atoms with Crippen LogP contribution in [0.4, 0.5) is 0 Å². The topological polar surface area (TPSA) is 131 Å². The molecule has 3 rings (SSSR count). The number of tetrazole rings is 1. The van der Waals surface area contributed by atoms with Crippen molar-refractivity contribution in [2.75, 3.05) is 13.1 Å². The summed E-state index contributed by atoms with van der Waals surface area (Å²) in [4.78, 5) is 35.7. The average Bonchev–Trinajstić information content (AvgIpc) is 3.24. The van der Waals surface area contributed by atoms with Gasteiger partial charge in [0.25, 0.3) is 0 Å². The van der Waals surface area contributed by atoms with Gasteiger partial charge in [-0.25, -0.2) is 4.68 Å². The Labute approximate surface area is 151 Å². The molecule has 10 heteroatoms. The van der Waals surface area contributed by atoms with Gasteiger partial charge in [-0.2, -0.15) is 0 Å². The molecule has 4 unspecified atom stereocenters. The minimum absolute atomic E-state index is 0.00340. The van der Waals surface area contributed by atoms with Crippen LogP contribution in [0.3, 0.4) is 0 Å². The summed E-state index contributed by atoms with van der Waals surface area (Å²) >= 11 is 0. The molecule has 1 saturated carbocycles. The number of hydrogen-bond donors (Lipinski definition) is 3. The van der Waals surface area contributed by atoms with Gasteiger partial charge in [-0.3, -0.25) is 14.4 Å². The predicted octanol–water partition coefficient (Wildman–Crippen LogP) is -1.15. The molecule has 0 spiro atoms. The smallest absolute Gasteiger partial charge is 0.242 e. The van der Waals surface area contributed by atoms with Crippen molar-refractivity contribution in [1.29, 1.82) is 0 Å². The second-order valence-electron chi connectivity index (χ2n) is 7.29. The van der Waals surface area contributed by atoms with Gasteiger partial charge in [-0.15, -0.1) is 5.10 Å². The molecular weight excluding hydrogens is 338 g/mol. The van der Waals surface area contributed by atoms with E-state index in [0.717, 1.165) is 19.3 Å². The summed E-state index contributed by atoms with van der Waals surface area (Å²) in [5.74, 6) is 0.150. The standard InChI is InChI=1S/C16H25N7O3/c1-10-4-14(24)17-7-13(10)16(26)18-6-11-2-3-12(5-11)20-15(25)8-23-9-19-21-22-23/h9-13H,2-8H2,1H3,(H,17,24)(H,18,26)(H,20,25). The third-order valence-electron chi connectivity index (χ3n) is 5.22. The molecule has 10 nitrogen and oxygen atoms in total. The zero-order valence-electron chi connectivity index (χ0n) is 14.9. The van der Waals surface area contributed by atoms with Crippen molar-refractivity contribution >= 4 is 17.7 Å². The van der Waals surface area contributed by atoms with Crippen LogP contribution in [0.2, 0.25) is 0 Å². The number of hydrogen-bond acceptors (Lipinski definition) is 6. The number of aromatic nitrogens is 4. The van der Waals surface area contributed by atoms with E-state index in [1.807, 2.05) is 6.92 Å². The van der Waals surface area contributed by atoms with Crippen LogP contribution in [0, 0.1) is 17.8 Å². The first-order chi connectivity index (χ1) is 12.5. The summed E-state index contributed by atoms with van der Waals surface area (Å²) in [7, 11) is 0. The third-order valence-corrected chi connectivity index (χ3v) is 5.22. The summed E-state index contributed by atoms with van der Waals surface area (Å²) in [5.41, 5.74) is 0. The summed E-state index contributed by atoms with van der Waals surface area (Å²) in [6.45, 7) is 3.06. The van der Waals surface area contributed by atoms with Crippen molar-refractivity contribution in [2.45, 2.75) is 45.2 Å². The Morgan fingerprint density at radius 1 is 1.38 bits per heavy atom. The van der Waals surface area contributed by atoms with Crippen molar-refractivity contribution in [3.63, 3.8) is 0 Å². The molecule has 0 aromatic carbocycles. The summed E-state index contributed by atoms with van der Waals surface area (Å²) in [6.07, 6.45) is 4.52. The van der Waals surface area contributed by atoms with E-state index < -0.39 is 0 Å². The van der Waals surface area contributed by atoms with Crippen molar-refractivity contribution in [1.82, 2.24) is 36.2 Å². The monoisotopic (exact) mass is 363 g/mol. The van der Waals surface area contributed by atoms with Gasteiger partial charge in [0.2, 0.25) is 17.7 Å². The van der Waals surface area contributed by atoms with Gasteiger partial charge in [0, 0.05) is 25.6 Å². The zero-order valence-corrected chi connectivity index (χ0v) is 14.9. The number of rotatable bonds is 6. The molecule has 3 N–H and O–H groups in total. The SMILES string of the molecule is CC1CC(=O)NCC1C(=O)NCC1CCC(NC(=O)Cn2cnnn2)C1. The number of carbonyl (C=O) groups excluding carboxylic acids is 3. The van der Waals surface area contributed by atoms with Crippen LogP contribution in [0.1, 0.15) is 32.6 Å². The lowest BCUT2D eigenvalue weighted by molar-refractivity contribution is -0.131. The molecule has 2 aliphatic rings. The molecule has 2 heterocycles. The molecule has 2 fully saturated rings. The molecule has 0 radical (unpaired) electrons. The number of nitrogens with zero attached hydrogens (tertiary/aromatic N) is 4. The van der Waals surface area contributed by atoms with Crippen LogP contribution < -0.4 is 16.0 Å². The largest absolute Gasteiger partial charge is 0.356 e. The molecule has 26 heavy (non-hydrogen) atoms. The first-order valence-corrected chi connectivity index (χ1v) is 9.05. The quantitative estimate of drug-likeness (QED) is 0.585. The Bertz CT molecular complexity index is 648. The summed E-state index contributed by atoms with van der Waals surface area (Å²) in [6, 6.07) is 0.119. The molecule has 4 atom stereocenters. The Kier molecular flexibility index (Phi) is 5.79. The molecule has 142 valence electrons. The molecule has 1 aromatic heterocycles. The summed E-state index contributed by atoms with van der Waals surface area (Å²) in [5, 5.41) is 19.4. The van der Waals surface area contributed by atoms with Crippen LogP contribution in [-0.4, -0.2) is 57.1 Å². The molecule has 1 aliphatic heterocycles. The number of nitrogens with one attached hydrogen (secondary N) is 3. The van der Waals surface area contributed by atoms with Gasteiger partial charge in [-0.05, 0) is 41.5 Å². The fourth-order valence-electron chi connectivity index (χ4n) is 3.72. The zero-order chi connectivity index (χ0) is 18.5. The highest BCUT2D eigenvalue weighted by atomic mass is 16.2. The van der Waals surface area contributed by atoms with E-state index in [1.165, 1.54) is 11.0 Å². The maximum Gasteiger partial charge on any atom is 0.242 e. The van der Waals surface area contributed by atoms with Crippen LogP contribution >= 0.6 is 0 Å². The fourth-order valence-corrected chi connectivity index (χ4v) is 3.72. The minimum atomic E-state index is -0.166. The highest BCUT2D eigenvalue weighted by Gasteiger charge is 2.32. The van der Waals surface area contributed by atoms with Crippen LogP contribution in [0.15, 0.2) is 6.33 Å². The first kappa shape index (κ1) is 18.3. The number of carbonyl (C=O) groups is 3. The van der Waals surface area contributed by atoms with Gasteiger partial charge in [-0.1, -0.05) is 6.92 Å². The van der Waals surface area contributed by atoms with Crippen LogP contribution in [0.5, 0.6) is 0 Å². The second kappa shape index (κ2) is 8.24. The normalized spacial score (nSPS) is 28.4. The first-order valence-electron chi connectivity index (χ1n) is 9.05. The van der Waals surface area contributed by atoms with Crippen molar-refractivity contribution < 1.29 is 14.4 Å². The predicted molar refractivity (Wildman–Crippen MR) is 90.4 cm³/mol. The molecule has 0 bridgehead atoms. The lowest BCUT2D eigenvalue weighted by Gasteiger charge is -2.28. The second-order valence-corrected chi connectivity index (χ2v) is 7.29. The van der Waals surface area contributed by atoms with Gasteiger partial charge >= 0.3 is 0 Å². The van der Waals surface area contributed by atoms with E-state index in [0.29, 0.717) is 25.4 Å². The molecule has 1 aromatic rings. The van der Waals surface area contributed by atoms with Gasteiger partial charge in [0.1, 0.15) is 12.9 Å². The highest BCUT2D eigenvalue weighted by Crippen LogP contribution is 2.25. The Hall–Kier alpha value is -2.52. The maximum absolute atomic E-state index is 12.4. The lowest BCUT2D eigenvalue weighted by Crippen LogP contribution is -2.47. The van der Waals surface area contributed by atoms with E-state index in [1.54, 1.807) is 0 Å². The minimum Gasteiger partial charge on any atom is -0.356 e. The number of piperidine rings is 1. The van der Waals surface area contributed by atoms with E-state index in [4.69, 9.17) is 0 Å². The third kappa shape index (κ3) is 4.77. The van der Waals surface area contributed by atoms with E-state index in [-0.39, 0.29) is 42.1 Å². The Balaban J connectivity index is 1.37. The van der Waals surface area contributed by atoms with Gasteiger partial charge in [0.15, 0.2) is 0 Å². The molecular formula is C16H25N7O3. The van der Waals surface area contributed by atoms with Crippen molar-refractivity contribution in [3.05, 3.63) is 6.33 Å². The van der Waals surface area contributed by atoms with Crippen LogP contribution in [-0.2, 0) is 20.9 Å². The highest BCUT2D eigenvalue weighted by molar-refractivity contribution is 5.84. The maximum atomic E-state index is 12.4. The Morgan fingerprint density at radius 3 is 2.96 bits per heavy atom. The van der Waals surface area contributed by atoms with Gasteiger partial charge < -0.3 is 16.0 Å². The molecule has 3 amide bonds. The van der Waals surface area contributed by atoms with E-state index in [2.05, 4.69) is 31.5 Å². The summed E-state index contributed by atoms with van der Waals surface area (Å²) < 4.78 is 1.38. The average molecular weight is 363 g/mol. The van der Waals surface area contributed by atoms with Crippen molar-refractivity contribution in [2.24, 2.45) is 17.8 Å². The fraction of sp³-hybridized carbons (Fsp3) is 0.750. The van der Waals surface area contributed by atoms with Crippen LogP contribution in [0.25, 0.3) is 0 Å². The van der Waals surface area contributed by atoms with E-state index >= 15 is 0 Å². The Morgan fingerprint density at radius 2 is 2.23 bits per heavy atom. The molecule has 1 aliphatic carbocycles. The molecule has 1 saturated heterocycles. The van der Waals surface area contributed by atoms with Gasteiger partial charge in [0.05, 0.1) is 5.92 Å².